The molecule has 0 aliphatic heterocycles. The number of aryl methyl sites for hydroxylation is 2. The lowest BCUT2D eigenvalue weighted by atomic mass is 10.1. The van der Waals surface area contributed by atoms with Crippen molar-refractivity contribution in [1.29, 1.82) is 0 Å². The zero-order chi connectivity index (χ0) is 12.7. The molecule has 0 bridgehead atoms. The summed E-state index contributed by atoms with van der Waals surface area (Å²) >= 11 is 0. The van der Waals surface area contributed by atoms with E-state index in [0.29, 0.717) is 5.82 Å². The van der Waals surface area contributed by atoms with E-state index in [9.17, 15) is 0 Å². The fraction of sp³-hybridized carbons (Fsp3) is 0.154. The summed E-state index contributed by atoms with van der Waals surface area (Å²) in [5, 5.41) is 6.84. The first-order valence-electron chi connectivity index (χ1n) is 5.70. The Morgan fingerprint density at radius 1 is 1.17 bits per heavy atom. The summed E-state index contributed by atoms with van der Waals surface area (Å²) in [7, 11) is 0. The summed E-state index contributed by atoms with van der Waals surface area (Å²) in [5.74, 6) is 0.524. The lowest BCUT2D eigenvalue weighted by Gasteiger charge is -2.05. The second-order valence-corrected chi connectivity index (χ2v) is 4.31. The Kier molecular flexibility index (Phi) is 2.26. The van der Waals surface area contributed by atoms with E-state index in [1.54, 1.807) is 6.07 Å². The van der Waals surface area contributed by atoms with Gasteiger partial charge in [0.15, 0.2) is 0 Å². The molecule has 0 radical (unpaired) electrons. The van der Waals surface area contributed by atoms with E-state index in [1.807, 2.05) is 32.0 Å². The van der Waals surface area contributed by atoms with E-state index in [1.165, 1.54) is 0 Å². The van der Waals surface area contributed by atoms with Crippen LogP contribution in [0.25, 0.3) is 22.4 Å². The SMILES string of the molecule is Cc1nc2c(C)cccc2nc1-c1cc(N)[nH]n1. The van der Waals surface area contributed by atoms with Crippen molar-refractivity contribution < 1.29 is 0 Å². The number of anilines is 1. The number of nitrogen functional groups attached to an aromatic ring is 1. The predicted octanol–water partition coefficient (Wildman–Crippen LogP) is 2.22. The van der Waals surface area contributed by atoms with Crippen LogP contribution >= 0.6 is 0 Å². The Morgan fingerprint density at radius 2 is 2.00 bits per heavy atom. The van der Waals surface area contributed by atoms with E-state index >= 15 is 0 Å². The summed E-state index contributed by atoms with van der Waals surface area (Å²) in [6.07, 6.45) is 0. The smallest absolute Gasteiger partial charge is 0.119 e. The number of hydrogen-bond donors (Lipinski definition) is 2. The third kappa shape index (κ3) is 1.60. The standard InChI is InChI=1S/C13H13N5/c1-7-4-3-5-9-12(7)15-8(2)13(16-9)10-6-11(14)18-17-10/h3-6H,1-2H3,(H3,14,17,18). The van der Waals surface area contributed by atoms with Crippen LogP contribution in [0.3, 0.4) is 0 Å². The van der Waals surface area contributed by atoms with Gasteiger partial charge in [-0.1, -0.05) is 12.1 Å². The van der Waals surface area contributed by atoms with Gasteiger partial charge in [0.1, 0.15) is 17.2 Å². The summed E-state index contributed by atoms with van der Waals surface area (Å²) in [6.45, 7) is 3.96. The van der Waals surface area contributed by atoms with Gasteiger partial charge in [-0.2, -0.15) is 5.10 Å². The maximum absolute atomic E-state index is 5.64. The van der Waals surface area contributed by atoms with Crippen LogP contribution < -0.4 is 5.73 Å². The molecule has 3 N–H and O–H groups in total. The molecular formula is C13H13N5. The molecule has 0 saturated heterocycles. The van der Waals surface area contributed by atoms with Crippen molar-refractivity contribution in [3.63, 3.8) is 0 Å². The van der Waals surface area contributed by atoms with Crippen molar-refractivity contribution in [3.05, 3.63) is 35.5 Å². The molecule has 3 rings (SSSR count). The van der Waals surface area contributed by atoms with E-state index < -0.39 is 0 Å². The fourth-order valence-corrected chi connectivity index (χ4v) is 2.00. The lowest BCUT2D eigenvalue weighted by molar-refractivity contribution is 1.08. The molecule has 2 aromatic heterocycles. The Labute approximate surface area is 104 Å². The zero-order valence-electron chi connectivity index (χ0n) is 10.2. The van der Waals surface area contributed by atoms with Gasteiger partial charge >= 0.3 is 0 Å². The lowest BCUT2D eigenvalue weighted by Crippen LogP contribution is -1.96. The molecule has 18 heavy (non-hydrogen) atoms. The fourth-order valence-electron chi connectivity index (χ4n) is 2.00. The second kappa shape index (κ2) is 3.80. The molecule has 0 aliphatic rings. The number of hydrogen-bond acceptors (Lipinski definition) is 4. The Hall–Kier alpha value is -2.43. The minimum absolute atomic E-state index is 0.524. The number of nitrogens with two attached hydrogens (primary N) is 1. The van der Waals surface area contributed by atoms with E-state index in [2.05, 4.69) is 20.2 Å². The monoisotopic (exact) mass is 239 g/mol. The molecule has 5 nitrogen and oxygen atoms in total. The van der Waals surface area contributed by atoms with Gasteiger partial charge in [0.2, 0.25) is 0 Å². The quantitative estimate of drug-likeness (QED) is 0.682. The van der Waals surface area contributed by atoms with Crippen LogP contribution in [0.15, 0.2) is 24.3 Å². The molecule has 0 aliphatic carbocycles. The summed E-state index contributed by atoms with van der Waals surface area (Å²) < 4.78 is 0. The van der Waals surface area contributed by atoms with Crippen molar-refractivity contribution >= 4 is 16.9 Å². The molecule has 0 spiro atoms. The maximum atomic E-state index is 5.64. The van der Waals surface area contributed by atoms with Gasteiger partial charge in [0, 0.05) is 6.07 Å². The number of H-pyrrole nitrogens is 1. The van der Waals surface area contributed by atoms with Gasteiger partial charge < -0.3 is 5.73 Å². The highest BCUT2D eigenvalue weighted by atomic mass is 15.2. The highest BCUT2D eigenvalue weighted by Gasteiger charge is 2.11. The molecule has 2 heterocycles. The van der Waals surface area contributed by atoms with Gasteiger partial charge in [-0.3, -0.25) is 5.10 Å². The number of para-hydroxylation sites is 1. The minimum Gasteiger partial charge on any atom is -0.384 e. The predicted molar refractivity (Wildman–Crippen MR) is 71.0 cm³/mol. The Morgan fingerprint density at radius 3 is 2.72 bits per heavy atom. The number of rotatable bonds is 1. The number of nitrogens with one attached hydrogen (secondary N) is 1. The van der Waals surface area contributed by atoms with Crippen LogP contribution in [-0.2, 0) is 0 Å². The molecule has 0 fully saturated rings. The van der Waals surface area contributed by atoms with E-state index in [0.717, 1.165) is 33.7 Å². The summed E-state index contributed by atoms with van der Waals surface area (Å²) in [6, 6.07) is 7.72. The van der Waals surface area contributed by atoms with E-state index in [4.69, 9.17) is 5.73 Å². The Bertz CT molecular complexity index is 729. The normalized spacial score (nSPS) is 11.0. The van der Waals surface area contributed by atoms with Crippen LogP contribution in [-0.4, -0.2) is 20.2 Å². The first-order chi connectivity index (χ1) is 8.65. The number of aromatic nitrogens is 4. The average molecular weight is 239 g/mol. The van der Waals surface area contributed by atoms with Gasteiger partial charge in [-0.05, 0) is 25.5 Å². The minimum atomic E-state index is 0.524. The third-order valence-corrected chi connectivity index (χ3v) is 2.91. The highest BCUT2D eigenvalue weighted by molar-refractivity contribution is 5.80. The van der Waals surface area contributed by atoms with Crippen molar-refractivity contribution in [1.82, 2.24) is 20.2 Å². The third-order valence-electron chi connectivity index (χ3n) is 2.91. The van der Waals surface area contributed by atoms with Crippen molar-refractivity contribution in [2.24, 2.45) is 0 Å². The molecule has 0 unspecified atom stereocenters. The van der Waals surface area contributed by atoms with Crippen molar-refractivity contribution in [2.75, 3.05) is 5.73 Å². The molecule has 1 aromatic carbocycles. The van der Waals surface area contributed by atoms with Gasteiger partial charge in [0.25, 0.3) is 0 Å². The molecular weight excluding hydrogens is 226 g/mol. The number of benzene rings is 1. The van der Waals surface area contributed by atoms with Crippen LogP contribution in [0.4, 0.5) is 5.82 Å². The van der Waals surface area contributed by atoms with Gasteiger partial charge in [-0.15, -0.1) is 0 Å². The number of aromatic amines is 1. The molecule has 3 aromatic rings. The van der Waals surface area contributed by atoms with Crippen LogP contribution in [0, 0.1) is 13.8 Å². The largest absolute Gasteiger partial charge is 0.384 e. The first kappa shape index (κ1) is 10.7. The van der Waals surface area contributed by atoms with Gasteiger partial charge in [-0.25, -0.2) is 9.97 Å². The molecule has 90 valence electrons. The molecule has 0 saturated carbocycles. The average Bonchev–Trinajstić information content (AvgIpc) is 2.76. The van der Waals surface area contributed by atoms with Crippen LogP contribution in [0.2, 0.25) is 0 Å². The highest BCUT2D eigenvalue weighted by Crippen LogP contribution is 2.23. The number of fused-ring (bicyclic) bond motifs is 1. The first-order valence-corrected chi connectivity index (χ1v) is 5.70. The van der Waals surface area contributed by atoms with E-state index in [-0.39, 0.29) is 0 Å². The van der Waals surface area contributed by atoms with Crippen LogP contribution in [0.1, 0.15) is 11.3 Å². The van der Waals surface area contributed by atoms with Crippen molar-refractivity contribution in [3.8, 4) is 11.4 Å². The topological polar surface area (TPSA) is 80.5 Å². The van der Waals surface area contributed by atoms with Gasteiger partial charge in [0.05, 0.1) is 16.7 Å². The molecule has 5 heteroatoms. The molecule has 0 atom stereocenters. The number of nitrogens with zero attached hydrogens (tertiary/aromatic N) is 3. The Balaban J connectivity index is 2.28. The van der Waals surface area contributed by atoms with Crippen molar-refractivity contribution in [2.45, 2.75) is 13.8 Å². The van der Waals surface area contributed by atoms with Crippen LogP contribution in [0.5, 0.6) is 0 Å². The summed E-state index contributed by atoms with van der Waals surface area (Å²) in [4.78, 5) is 9.22. The zero-order valence-corrected chi connectivity index (χ0v) is 10.2. The second-order valence-electron chi connectivity index (χ2n) is 4.31. The molecule has 0 amide bonds. The maximum Gasteiger partial charge on any atom is 0.119 e. The summed E-state index contributed by atoms with van der Waals surface area (Å²) in [5.41, 5.74) is 10.9.